The highest BCUT2D eigenvalue weighted by molar-refractivity contribution is 7.98. The number of amides is 1. The molecule has 180 valence electrons. The molecule has 1 amide bonds. The Morgan fingerprint density at radius 3 is 2.38 bits per heavy atom. The van der Waals surface area contributed by atoms with Crippen molar-refractivity contribution in [1.29, 1.82) is 0 Å². The molecule has 0 spiro atoms. The van der Waals surface area contributed by atoms with Gasteiger partial charge in [0.05, 0.1) is 15.6 Å². The van der Waals surface area contributed by atoms with Crippen molar-refractivity contribution in [2.24, 2.45) is 0 Å². The number of benzene rings is 3. The molecule has 0 aliphatic carbocycles. The second-order valence-corrected chi connectivity index (χ2v) is 11.1. The van der Waals surface area contributed by atoms with Crippen LogP contribution in [0.15, 0.2) is 77.7 Å². The second kappa shape index (κ2) is 12.4. The Labute approximate surface area is 213 Å². The summed E-state index contributed by atoms with van der Waals surface area (Å²) in [6, 6.07) is 18.6. The molecule has 0 aliphatic heterocycles. The largest absolute Gasteiger partial charge is 0.354 e. The lowest BCUT2D eigenvalue weighted by Crippen LogP contribution is -2.41. The van der Waals surface area contributed by atoms with Gasteiger partial charge in [-0.2, -0.15) is 11.8 Å². The van der Waals surface area contributed by atoms with E-state index in [4.69, 9.17) is 23.2 Å². The first-order chi connectivity index (χ1) is 16.3. The van der Waals surface area contributed by atoms with Crippen LogP contribution in [0.25, 0.3) is 0 Å². The van der Waals surface area contributed by atoms with Crippen LogP contribution in [0.5, 0.6) is 0 Å². The molecule has 3 aromatic carbocycles. The predicted molar refractivity (Wildman–Crippen MR) is 138 cm³/mol. The van der Waals surface area contributed by atoms with Gasteiger partial charge in [-0.1, -0.05) is 53.5 Å². The Balaban J connectivity index is 1.60. The molecular weight excluding hydrogens is 518 g/mol. The number of carbonyl (C=O) groups is 1. The van der Waals surface area contributed by atoms with Gasteiger partial charge in [-0.25, -0.2) is 12.8 Å². The molecule has 3 rings (SSSR count). The quantitative estimate of drug-likeness (QED) is 0.313. The van der Waals surface area contributed by atoms with E-state index in [1.807, 2.05) is 0 Å². The predicted octanol–water partition coefficient (Wildman–Crippen LogP) is 5.77. The molecule has 0 unspecified atom stereocenters. The zero-order chi connectivity index (χ0) is 24.6. The first-order valence-electron chi connectivity index (χ1n) is 10.4. The number of halogens is 3. The molecular formula is C24H23Cl2FN2O3S2. The average Bonchev–Trinajstić information content (AvgIpc) is 2.82. The minimum absolute atomic E-state index is 0.0472. The Morgan fingerprint density at radius 2 is 1.71 bits per heavy atom. The van der Waals surface area contributed by atoms with Crippen molar-refractivity contribution < 1.29 is 17.6 Å². The number of hydrogen-bond acceptors (Lipinski definition) is 4. The van der Waals surface area contributed by atoms with E-state index >= 15 is 0 Å². The molecule has 34 heavy (non-hydrogen) atoms. The van der Waals surface area contributed by atoms with E-state index in [0.29, 0.717) is 18.0 Å². The van der Waals surface area contributed by atoms with Gasteiger partial charge in [-0.15, -0.1) is 0 Å². The lowest BCUT2D eigenvalue weighted by atomic mass is 10.2. The van der Waals surface area contributed by atoms with Crippen LogP contribution in [0.1, 0.15) is 12.0 Å². The monoisotopic (exact) mass is 540 g/mol. The molecule has 5 nitrogen and oxygen atoms in total. The molecule has 0 heterocycles. The van der Waals surface area contributed by atoms with E-state index in [0.717, 1.165) is 21.4 Å². The third-order valence-electron chi connectivity index (χ3n) is 4.77. The van der Waals surface area contributed by atoms with Crippen molar-refractivity contribution in [3.63, 3.8) is 0 Å². The summed E-state index contributed by atoms with van der Waals surface area (Å²) in [6.07, 6.45) is 0.699. The molecule has 0 saturated carbocycles. The van der Waals surface area contributed by atoms with Gasteiger partial charge in [0, 0.05) is 17.3 Å². The molecule has 0 saturated heterocycles. The summed E-state index contributed by atoms with van der Waals surface area (Å²) in [5, 5.41) is 3.24. The summed E-state index contributed by atoms with van der Waals surface area (Å²) in [4.78, 5) is 12.7. The zero-order valence-corrected chi connectivity index (χ0v) is 21.2. The fraction of sp³-hybridized carbons (Fsp3) is 0.208. The SMILES string of the molecule is O=C(CN(c1ccc(Cl)cc1Cl)S(=O)(=O)c1ccccc1)NCCCSCc1ccc(F)cc1. The Bertz CT molecular complexity index is 1210. The number of rotatable bonds is 11. The van der Waals surface area contributed by atoms with Gasteiger partial charge in [-0.3, -0.25) is 9.10 Å². The first kappa shape index (κ1) is 26.3. The van der Waals surface area contributed by atoms with Crippen LogP contribution in [-0.2, 0) is 20.6 Å². The highest BCUT2D eigenvalue weighted by Gasteiger charge is 2.28. The number of anilines is 1. The van der Waals surface area contributed by atoms with Crippen molar-refractivity contribution in [1.82, 2.24) is 5.32 Å². The minimum atomic E-state index is -4.04. The third kappa shape index (κ3) is 7.37. The molecule has 3 aromatic rings. The zero-order valence-electron chi connectivity index (χ0n) is 18.1. The van der Waals surface area contributed by atoms with Crippen LogP contribution < -0.4 is 9.62 Å². The third-order valence-corrected chi connectivity index (χ3v) is 8.19. The number of hydrogen-bond donors (Lipinski definition) is 1. The molecule has 0 atom stereocenters. The van der Waals surface area contributed by atoms with Crippen molar-refractivity contribution in [2.45, 2.75) is 17.1 Å². The summed E-state index contributed by atoms with van der Waals surface area (Å²) in [5.41, 5.74) is 1.19. The van der Waals surface area contributed by atoms with Crippen molar-refractivity contribution in [2.75, 3.05) is 23.1 Å². The fourth-order valence-corrected chi connectivity index (χ4v) is 6.00. The number of sulfonamides is 1. The highest BCUT2D eigenvalue weighted by Crippen LogP contribution is 2.32. The van der Waals surface area contributed by atoms with E-state index < -0.39 is 22.5 Å². The Kier molecular flexibility index (Phi) is 9.64. The smallest absolute Gasteiger partial charge is 0.264 e. The maximum Gasteiger partial charge on any atom is 0.264 e. The first-order valence-corrected chi connectivity index (χ1v) is 13.7. The van der Waals surface area contributed by atoms with Crippen LogP contribution in [0, 0.1) is 5.82 Å². The van der Waals surface area contributed by atoms with Crippen LogP contribution in [0.2, 0.25) is 10.0 Å². The van der Waals surface area contributed by atoms with Gasteiger partial charge in [-0.05, 0) is 60.2 Å². The Morgan fingerprint density at radius 1 is 1.00 bits per heavy atom. The van der Waals surface area contributed by atoms with E-state index in [1.54, 1.807) is 42.1 Å². The second-order valence-electron chi connectivity index (χ2n) is 7.30. The summed E-state index contributed by atoms with van der Waals surface area (Å²) >= 11 is 13.9. The van der Waals surface area contributed by atoms with E-state index in [9.17, 15) is 17.6 Å². The van der Waals surface area contributed by atoms with E-state index in [2.05, 4.69) is 5.32 Å². The van der Waals surface area contributed by atoms with Gasteiger partial charge in [0.15, 0.2) is 0 Å². The van der Waals surface area contributed by atoms with Crippen LogP contribution in [-0.4, -0.2) is 33.2 Å². The van der Waals surface area contributed by atoms with Crippen molar-refractivity contribution >= 4 is 56.6 Å². The topological polar surface area (TPSA) is 66.5 Å². The lowest BCUT2D eigenvalue weighted by Gasteiger charge is -2.25. The number of carbonyl (C=O) groups excluding carboxylic acids is 1. The molecule has 0 aliphatic rings. The molecule has 0 aromatic heterocycles. The van der Waals surface area contributed by atoms with Gasteiger partial charge in [0.1, 0.15) is 12.4 Å². The molecule has 10 heteroatoms. The molecule has 1 N–H and O–H groups in total. The summed E-state index contributed by atoms with van der Waals surface area (Å²) in [6.45, 7) is -0.0376. The molecule has 0 radical (unpaired) electrons. The van der Waals surface area contributed by atoms with Gasteiger partial charge >= 0.3 is 0 Å². The molecule has 0 bridgehead atoms. The van der Waals surface area contributed by atoms with Gasteiger partial charge in [0.25, 0.3) is 10.0 Å². The van der Waals surface area contributed by atoms with Gasteiger partial charge < -0.3 is 5.32 Å². The van der Waals surface area contributed by atoms with E-state index in [-0.39, 0.29) is 21.4 Å². The normalized spacial score (nSPS) is 11.3. The summed E-state index contributed by atoms with van der Waals surface area (Å²) in [7, 11) is -4.04. The lowest BCUT2D eigenvalue weighted by molar-refractivity contribution is -0.119. The maximum atomic E-state index is 13.3. The van der Waals surface area contributed by atoms with E-state index in [1.165, 1.54) is 42.5 Å². The summed E-state index contributed by atoms with van der Waals surface area (Å²) < 4.78 is 40.6. The average molecular weight is 541 g/mol. The molecule has 0 fully saturated rings. The number of nitrogens with zero attached hydrogens (tertiary/aromatic N) is 1. The standard InChI is InChI=1S/C24H23Cl2FN2O3S2/c25-19-9-12-23(22(26)15-19)29(34(31,32)21-5-2-1-3-6-21)16-24(30)28-13-4-14-33-17-18-7-10-20(27)11-8-18/h1-3,5-12,15H,4,13-14,16-17H2,(H,28,30). The van der Waals surface area contributed by atoms with Gasteiger partial charge in [0.2, 0.25) is 5.91 Å². The number of nitrogens with one attached hydrogen (secondary N) is 1. The summed E-state index contributed by atoms with van der Waals surface area (Å²) in [5.74, 6) is 0.813. The minimum Gasteiger partial charge on any atom is -0.354 e. The fourth-order valence-electron chi connectivity index (χ4n) is 3.06. The Hall–Kier alpha value is -2.26. The van der Waals surface area contributed by atoms with Crippen LogP contribution >= 0.6 is 35.0 Å². The van der Waals surface area contributed by atoms with Crippen molar-refractivity contribution in [3.05, 3.63) is 94.2 Å². The van der Waals surface area contributed by atoms with Crippen LogP contribution in [0.4, 0.5) is 10.1 Å². The maximum absolute atomic E-state index is 13.3. The highest BCUT2D eigenvalue weighted by atomic mass is 35.5. The number of thioether (sulfide) groups is 1. The van der Waals surface area contributed by atoms with Crippen molar-refractivity contribution in [3.8, 4) is 0 Å². The van der Waals surface area contributed by atoms with Crippen LogP contribution in [0.3, 0.4) is 0 Å².